The van der Waals surface area contributed by atoms with E-state index in [0.717, 1.165) is 25.0 Å². The van der Waals surface area contributed by atoms with Crippen molar-refractivity contribution in [2.75, 3.05) is 12.0 Å². The van der Waals surface area contributed by atoms with E-state index >= 15 is 0 Å². The molecule has 0 aliphatic heterocycles. The lowest BCUT2D eigenvalue weighted by Gasteiger charge is -2.36. The molecule has 0 radical (unpaired) electrons. The van der Waals surface area contributed by atoms with Crippen LogP contribution in [0.25, 0.3) is 0 Å². The molecule has 4 nitrogen and oxygen atoms in total. The molecule has 1 saturated carbocycles. The second-order valence-electron chi connectivity index (χ2n) is 9.72. The van der Waals surface area contributed by atoms with Crippen molar-refractivity contribution in [3.63, 3.8) is 0 Å². The van der Waals surface area contributed by atoms with Crippen molar-refractivity contribution in [2.45, 2.75) is 77.8 Å². The molecule has 3 N–H and O–H groups in total. The Morgan fingerprint density at radius 3 is 2.47 bits per heavy atom. The van der Waals surface area contributed by atoms with Crippen LogP contribution in [0.2, 0.25) is 0 Å². The third kappa shape index (κ3) is 9.44. The Bertz CT molecular complexity index is 686. The van der Waals surface area contributed by atoms with Gasteiger partial charge in [-0.25, -0.2) is 0 Å². The molecule has 0 aromatic heterocycles. The summed E-state index contributed by atoms with van der Waals surface area (Å²) in [5.41, 5.74) is 7.26. The fourth-order valence-corrected chi connectivity index (χ4v) is 5.37. The maximum absolute atomic E-state index is 13.2. The molecule has 32 heavy (non-hydrogen) atoms. The van der Waals surface area contributed by atoms with Crippen molar-refractivity contribution >= 4 is 35.9 Å². The van der Waals surface area contributed by atoms with Gasteiger partial charge in [-0.05, 0) is 67.4 Å². The molecule has 182 valence electrons. The molecule has 1 aromatic rings. The monoisotopic (exact) mass is 482 g/mol. The highest BCUT2D eigenvalue weighted by Gasteiger charge is 2.35. The Kier molecular flexibility index (Phi) is 13.6. The summed E-state index contributed by atoms with van der Waals surface area (Å²) in [5, 5.41) is 3.15. The molecule has 5 atom stereocenters. The molecule has 1 aliphatic carbocycles. The van der Waals surface area contributed by atoms with Crippen LogP contribution in [0.3, 0.4) is 0 Å². The second-order valence-corrected chi connectivity index (χ2v) is 10.7. The summed E-state index contributed by atoms with van der Waals surface area (Å²) < 4.78 is 0. The number of thioether (sulfide) groups is 1. The predicted molar refractivity (Wildman–Crippen MR) is 139 cm³/mol. The van der Waals surface area contributed by atoms with Gasteiger partial charge in [-0.15, -0.1) is 12.4 Å². The number of rotatable bonds is 12. The Morgan fingerprint density at radius 1 is 1.16 bits per heavy atom. The number of hydrogen-bond donors (Lipinski definition) is 2. The zero-order chi connectivity index (χ0) is 22.8. The normalized spacial score (nSPS) is 22.6. The van der Waals surface area contributed by atoms with Gasteiger partial charge in [0.15, 0.2) is 0 Å². The van der Waals surface area contributed by atoms with E-state index in [1.807, 2.05) is 24.5 Å². The Balaban J connectivity index is 0.00000512. The Morgan fingerprint density at radius 2 is 1.84 bits per heavy atom. The molecule has 0 saturated heterocycles. The molecular weight excluding hydrogens is 440 g/mol. The number of carbonyl (C=O) groups is 2. The van der Waals surface area contributed by atoms with Gasteiger partial charge in [-0.2, -0.15) is 11.8 Å². The molecule has 0 heterocycles. The highest BCUT2D eigenvalue weighted by Crippen LogP contribution is 2.39. The number of amides is 1. The fourth-order valence-electron chi connectivity index (χ4n) is 4.88. The maximum atomic E-state index is 13.2. The highest BCUT2D eigenvalue weighted by molar-refractivity contribution is 7.98. The van der Waals surface area contributed by atoms with Crippen molar-refractivity contribution in [1.82, 2.24) is 5.32 Å². The van der Waals surface area contributed by atoms with E-state index in [1.54, 1.807) is 11.8 Å². The average molecular weight is 483 g/mol. The van der Waals surface area contributed by atoms with Crippen LogP contribution in [0.15, 0.2) is 30.3 Å². The van der Waals surface area contributed by atoms with E-state index in [4.69, 9.17) is 5.73 Å². The van der Waals surface area contributed by atoms with Gasteiger partial charge in [-0.1, -0.05) is 57.5 Å². The van der Waals surface area contributed by atoms with E-state index < -0.39 is 6.04 Å². The summed E-state index contributed by atoms with van der Waals surface area (Å²) in [5.74, 6) is 2.96. The molecule has 1 aliphatic rings. The largest absolute Gasteiger partial charge is 0.352 e. The molecule has 0 bridgehead atoms. The van der Waals surface area contributed by atoms with Crippen molar-refractivity contribution < 1.29 is 9.59 Å². The Hall–Kier alpha value is -1.04. The third-order valence-electron chi connectivity index (χ3n) is 6.82. The van der Waals surface area contributed by atoms with Gasteiger partial charge in [0.05, 0.1) is 6.04 Å². The van der Waals surface area contributed by atoms with Crippen molar-refractivity contribution in [2.24, 2.45) is 29.4 Å². The number of hydrogen-bond acceptors (Lipinski definition) is 4. The standard InChI is InChI=1S/C26H42N2O2S.ClH/c1-18(2)22-12-10-19(3)16-23(22)25(29)13-11-21(17-20-8-6-5-7-9-20)28-26(30)24(27)14-15-31-4;/h5-9,18-19,21-24H,10-17,27H2,1-4H3,(H,28,30);1H/t19-,21-,22+,23-,24+;/m1./s1. The molecule has 1 fully saturated rings. The minimum absolute atomic E-state index is 0. The quantitative estimate of drug-likeness (QED) is 0.425. The first-order valence-corrected chi connectivity index (χ1v) is 13.3. The average Bonchev–Trinajstić information content (AvgIpc) is 2.75. The van der Waals surface area contributed by atoms with Crippen LogP contribution >= 0.6 is 24.2 Å². The van der Waals surface area contributed by atoms with Crippen LogP contribution < -0.4 is 11.1 Å². The molecule has 0 unspecified atom stereocenters. The van der Waals surface area contributed by atoms with Crippen LogP contribution in [-0.2, 0) is 16.0 Å². The molecule has 1 amide bonds. The number of Topliss-reactive ketones (excluding diaryl/α,β-unsaturated/α-hetero) is 1. The summed E-state index contributed by atoms with van der Waals surface area (Å²) in [6.45, 7) is 6.76. The van der Waals surface area contributed by atoms with E-state index in [0.29, 0.717) is 42.8 Å². The smallest absolute Gasteiger partial charge is 0.237 e. The molecule has 1 aromatic carbocycles. The SMILES string of the molecule is CSCC[C@H](N)C(=O)N[C@H](CCC(=O)[C@@H]1C[C@H](C)CC[C@H]1C(C)C)Cc1ccccc1.Cl. The summed E-state index contributed by atoms with van der Waals surface area (Å²) in [6, 6.07) is 9.61. The minimum atomic E-state index is -0.494. The molecular formula is C26H43ClN2O2S. The van der Waals surface area contributed by atoms with Gasteiger partial charge in [0.1, 0.15) is 5.78 Å². The summed E-state index contributed by atoms with van der Waals surface area (Å²) in [6.07, 6.45) is 8.01. The van der Waals surface area contributed by atoms with Gasteiger partial charge in [-0.3, -0.25) is 9.59 Å². The van der Waals surface area contributed by atoms with Gasteiger partial charge in [0.25, 0.3) is 0 Å². The van der Waals surface area contributed by atoms with Gasteiger partial charge < -0.3 is 11.1 Å². The van der Waals surface area contributed by atoms with E-state index in [2.05, 4.69) is 38.2 Å². The third-order valence-corrected chi connectivity index (χ3v) is 7.46. The molecule has 0 spiro atoms. The maximum Gasteiger partial charge on any atom is 0.237 e. The fraction of sp³-hybridized carbons (Fsp3) is 0.692. The zero-order valence-electron chi connectivity index (χ0n) is 20.2. The topological polar surface area (TPSA) is 72.2 Å². The summed E-state index contributed by atoms with van der Waals surface area (Å²) in [7, 11) is 0. The first kappa shape index (κ1) is 29.0. The lowest BCUT2D eigenvalue weighted by atomic mass is 9.68. The van der Waals surface area contributed by atoms with Gasteiger partial charge >= 0.3 is 0 Å². The lowest BCUT2D eigenvalue weighted by Crippen LogP contribution is -2.46. The lowest BCUT2D eigenvalue weighted by molar-refractivity contribution is -0.128. The van der Waals surface area contributed by atoms with Crippen LogP contribution in [0.1, 0.15) is 64.9 Å². The van der Waals surface area contributed by atoms with E-state index in [1.165, 1.54) is 12.0 Å². The molecule has 2 rings (SSSR count). The summed E-state index contributed by atoms with van der Waals surface area (Å²) in [4.78, 5) is 25.9. The van der Waals surface area contributed by atoms with Gasteiger partial charge in [0.2, 0.25) is 5.91 Å². The van der Waals surface area contributed by atoms with Gasteiger partial charge in [0, 0.05) is 18.4 Å². The first-order chi connectivity index (χ1) is 14.8. The van der Waals surface area contributed by atoms with E-state index in [9.17, 15) is 9.59 Å². The second kappa shape index (κ2) is 15.0. The van der Waals surface area contributed by atoms with Crippen LogP contribution in [-0.4, -0.2) is 35.8 Å². The number of carbonyl (C=O) groups excluding carboxylic acids is 2. The van der Waals surface area contributed by atoms with Crippen molar-refractivity contribution in [3.05, 3.63) is 35.9 Å². The van der Waals surface area contributed by atoms with E-state index in [-0.39, 0.29) is 30.3 Å². The first-order valence-electron chi connectivity index (χ1n) is 11.9. The molecule has 6 heteroatoms. The number of nitrogens with two attached hydrogens (primary N) is 1. The predicted octanol–water partition coefficient (Wildman–Crippen LogP) is 5.27. The van der Waals surface area contributed by atoms with Crippen molar-refractivity contribution in [1.29, 1.82) is 0 Å². The zero-order valence-corrected chi connectivity index (χ0v) is 21.9. The minimum Gasteiger partial charge on any atom is -0.352 e. The van der Waals surface area contributed by atoms with Crippen LogP contribution in [0.5, 0.6) is 0 Å². The number of benzene rings is 1. The van der Waals surface area contributed by atoms with Crippen LogP contribution in [0.4, 0.5) is 0 Å². The Labute approximate surface area is 205 Å². The van der Waals surface area contributed by atoms with Crippen LogP contribution in [0, 0.1) is 23.7 Å². The summed E-state index contributed by atoms with van der Waals surface area (Å²) >= 11 is 1.70. The number of nitrogens with one attached hydrogen (secondary N) is 1. The number of halogens is 1. The van der Waals surface area contributed by atoms with Crippen molar-refractivity contribution in [3.8, 4) is 0 Å². The highest BCUT2D eigenvalue weighted by atomic mass is 35.5. The number of ketones is 1.